The van der Waals surface area contributed by atoms with Gasteiger partial charge in [0.1, 0.15) is 0 Å². The average molecular weight is 281 g/mol. The third-order valence-electron chi connectivity index (χ3n) is 4.31. The summed E-state index contributed by atoms with van der Waals surface area (Å²) in [7, 11) is 0. The monoisotopic (exact) mass is 281 g/mol. The Balaban J connectivity index is 1.55. The predicted octanol–water partition coefficient (Wildman–Crippen LogP) is 0.955. The molecule has 1 saturated heterocycles. The van der Waals surface area contributed by atoms with Gasteiger partial charge in [0.2, 0.25) is 0 Å². The molecule has 1 aliphatic heterocycles. The highest BCUT2D eigenvalue weighted by atomic mass is 16.3. The second kappa shape index (κ2) is 7.64. The Kier molecular flexibility index (Phi) is 5.86. The van der Waals surface area contributed by atoms with Gasteiger partial charge in [-0.2, -0.15) is 0 Å². The van der Waals surface area contributed by atoms with Crippen LogP contribution in [0.25, 0.3) is 0 Å². The summed E-state index contributed by atoms with van der Waals surface area (Å²) in [6.07, 6.45) is 7.27. The molecule has 0 unspecified atom stereocenters. The highest BCUT2D eigenvalue weighted by Crippen LogP contribution is 2.17. The van der Waals surface area contributed by atoms with E-state index in [1.165, 1.54) is 12.8 Å². The summed E-state index contributed by atoms with van der Waals surface area (Å²) in [6.45, 7) is 6.38. The second-order valence-corrected chi connectivity index (χ2v) is 6.09. The largest absolute Gasteiger partial charge is 0.396 e. The summed E-state index contributed by atoms with van der Waals surface area (Å²) in [5.74, 6) is 1.03. The van der Waals surface area contributed by atoms with Gasteiger partial charge >= 0.3 is 6.03 Å². The van der Waals surface area contributed by atoms with Crippen molar-refractivity contribution in [2.75, 3.05) is 32.8 Å². The zero-order chi connectivity index (χ0) is 14.4. The molecular weight excluding hydrogens is 254 g/mol. The summed E-state index contributed by atoms with van der Waals surface area (Å²) in [5.41, 5.74) is 0. The number of nitrogens with zero attached hydrogens (tertiary/aromatic N) is 1. The zero-order valence-electron chi connectivity index (χ0n) is 12.3. The fourth-order valence-electron chi connectivity index (χ4n) is 2.85. The van der Waals surface area contributed by atoms with Crippen LogP contribution >= 0.6 is 0 Å². The maximum Gasteiger partial charge on any atom is 0.315 e. The van der Waals surface area contributed by atoms with Gasteiger partial charge in [-0.25, -0.2) is 4.79 Å². The van der Waals surface area contributed by atoms with Crippen LogP contribution in [0, 0.1) is 11.8 Å². The molecule has 1 aliphatic carbocycles. The number of carbonyl (C=O) groups is 1. The van der Waals surface area contributed by atoms with Gasteiger partial charge < -0.3 is 20.6 Å². The summed E-state index contributed by atoms with van der Waals surface area (Å²) >= 11 is 0. The molecule has 2 amide bonds. The van der Waals surface area contributed by atoms with E-state index in [4.69, 9.17) is 5.11 Å². The standard InChI is InChI=1S/C15H27N3O2/c1-12-4-7-18(8-5-12)9-6-16-15(20)17-14-3-2-13(10-14)11-19/h2-3,12-14,19H,4-11H2,1H3,(H2,16,17,20)/t13-,14+/m0/s1. The normalized spacial score (nSPS) is 27.7. The zero-order valence-corrected chi connectivity index (χ0v) is 12.3. The van der Waals surface area contributed by atoms with Crippen LogP contribution in [0.15, 0.2) is 12.2 Å². The van der Waals surface area contributed by atoms with E-state index in [1.54, 1.807) is 0 Å². The van der Waals surface area contributed by atoms with Gasteiger partial charge in [0.25, 0.3) is 0 Å². The van der Waals surface area contributed by atoms with Gasteiger partial charge in [0, 0.05) is 31.7 Å². The molecule has 0 aromatic rings. The molecule has 114 valence electrons. The van der Waals surface area contributed by atoms with Crippen LogP contribution in [-0.2, 0) is 0 Å². The molecule has 0 saturated carbocycles. The number of aliphatic hydroxyl groups excluding tert-OH is 1. The predicted molar refractivity (Wildman–Crippen MR) is 79.5 cm³/mol. The SMILES string of the molecule is CC1CCN(CCNC(=O)N[C@@H]2C=C[C@H](CO)C2)CC1. The van der Waals surface area contributed by atoms with Crippen LogP contribution in [0.2, 0.25) is 0 Å². The fourth-order valence-corrected chi connectivity index (χ4v) is 2.85. The highest BCUT2D eigenvalue weighted by Gasteiger charge is 2.20. The van der Waals surface area contributed by atoms with E-state index in [1.807, 2.05) is 12.2 Å². The Morgan fingerprint density at radius 3 is 2.75 bits per heavy atom. The number of nitrogens with one attached hydrogen (secondary N) is 2. The summed E-state index contributed by atoms with van der Waals surface area (Å²) < 4.78 is 0. The minimum absolute atomic E-state index is 0.0583. The first-order chi connectivity index (χ1) is 9.67. The number of carbonyl (C=O) groups excluding carboxylic acids is 1. The Morgan fingerprint density at radius 2 is 2.10 bits per heavy atom. The summed E-state index contributed by atoms with van der Waals surface area (Å²) in [6, 6.07) is -0.0494. The minimum Gasteiger partial charge on any atom is -0.396 e. The molecule has 2 atom stereocenters. The maximum atomic E-state index is 11.8. The second-order valence-electron chi connectivity index (χ2n) is 6.09. The van der Waals surface area contributed by atoms with Crippen molar-refractivity contribution in [3.05, 3.63) is 12.2 Å². The van der Waals surface area contributed by atoms with Crippen molar-refractivity contribution >= 4 is 6.03 Å². The lowest BCUT2D eigenvalue weighted by Crippen LogP contribution is -2.44. The highest BCUT2D eigenvalue weighted by molar-refractivity contribution is 5.74. The first-order valence-corrected chi connectivity index (χ1v) is 7.73. The van der Waals surface area contributed by atoms with Crippen LogP contribution < -0.4 is 10.6 Å². The van der Waals surface area contributed by atoms with Crippen molar-refractivity contribution in [2.45, 2.75) is 32.2 Å². The van der Waals surface area contributed by atoms with E-state index in [2.05, 4.69) is 22.5 Å². The van der Waals surface area contributed by atoms with E-state index in [0.717, 1.165) is 32.0 Å². The summed E-state index contributed by atoms with van der Waals surface area (Å²) in [4.78, 5) is 14.2. The molecule has 5 nitrogen and oxygen atoms in total. The van der Waals surface area contributed by atoms with Gasteiger partial charge in [-0.3, -0.25) is 0 Å². The van der Waals surface area contributed by atoms with Crippen molar-refractivity contribution in [2.24, 2.45) is 11.8 Å². The van der Waals surface area contributed by atoms with E-state index in [0.29, 0.717) is 6.54 Å². The number of rotatable bonds is 5. The Morgan fingerprint density at radius 1 is 1.35 bits per heavy atom. The molecule has 1 fully saturated rings. The Hall–Kier alpha value is -1.07. The Bertz CT molecular complexity index is 338. The molecular formula is C15H27N3O2. The maximum absolute atomic E-state index is 11.8. The molecule has 0 aromatic carbocycles. The fraction of sp³-hybridized carbons (Fsp3) is 0.800. The molecule has 0 spiro atoms. The third kappa shape index (κ3) is 4.80. The lowest BCUT2D eigenvalue weighted by atomic mass is 9.99. The molecule has 1 heterocycles. The van der Waals surface area contributed by atoms with Crippen molar-refractivity contribution in [1.29, 1.82) is 0 Å². The third-order valence-corrected chi connectivity index (χ3v) is 4.31. The van der Waals surface area contributed by atoms with Gasteiger partial charge in [0.05, 0.1) is 0 Å². The molecule has 2 rings (SSSR count). The number of hydrogen-bond donors (Lipinski definition) is 3. The first kappa shape index (κ1) is 15.3. The number of amides is 2. The van der Waals surface area contributed by atoms with E-state index in [9.17, 15) is 4.79 Å². The molecule has 2 aliphatic rings. The number of urea groups is 1. The smallest absolute Gasteiger partial charge is 0.315 e. The topological polar surface area (TPSA) is 64.6 Å². The molecule has 20 heavy (non-hydrogen) atoms. The Labute approximate surface area is 121 Å². The number of likely N-dealkylation sites (tertiary alicyclic amines) is 1. The van der Waals surface area contributed by atoms with Crippen LogP contribution in [0.4, 0.5) is 4.79 Å². The van der Waals surface area contributed by atoms with Gasteiger partial charge in [-0.05, 0) is 38.3 Å². The van der Waals surface area contributed by atoms with E-state index >= 15 is 0 Å². The molecule has 0 radical (unpaired) electrons. The lowest BCUT2D eigenvalue weighted by Gasteiger charge is -2.30. The van der Waals surface area contributed by atoms with Gasteiger partial charge in [-0.15, -0.1) is 0 Å². The van der Waals surface area contributed by atoms with Crippen molar-refractivity contribution in [3.63, 3.8) is 0 Å². The van der Waals surface area contributed by atoms with Crippen LogP contribution in [0.5, 0.6) is 0 Å². The molecule has 5 heteroatoms. The molecule has 0 bridgehead atoms. The van der Waals surface area contributed by atoms with E-state index < -0.39 is 0 Å². The number of hydrogen-bond acceptors (Lipinski definition) is 3. The quantitative estimate of drug-likeness (QED) is 0.658. The number of piperidine rings is 1. The minimum atomic E-state index is -0.108. The van der Waals surface area contributed by atoms with Crippen LogP contribution in [0.3, 0.4) is 0 Å². The summed E-state index contributed by atoms with van der Waals surface area (Å²) in [5, 5.41) is 14.9. The van der Waals surface area contributed by atoms with Crippen LogP contribution in [0.1, 0.15) is 26.2 Å². The van der Waals surface area contributed by atoms with Gasteiger partial charge in [-0.1, -0.05) is 19.1 Å². The lowest BCUT2D eigenvalue weighted by molar-refractivity contribution is 0.191. The van der Waals surface area contributed by atoms with Crippen molar-refractivity contribution in [1.82, 2.24) is 15.5 Å². The van der Waals surface area contributed by atoms with Crippen molar-refractivity contribution in [3.8, 4) is 0 Å². The van der Waals surface area contributed by atoms with E-state index in [-0.39, 0.29) is 24.6 Å². The molecule has 3 N–H and O–H groups in total. The first-order valence-electron chi connectivity index (χ1n) is 7.73. The van der Waals surface area contributed by atoms with Gasteiger partial charge in [0.15, 0.2) is 0 Å². The molecule has 0 aromatic heterocycles. The van der Waals surface area contributed by atoms with Crippen LogP contribution in [-0.4, -0.2) is 54.9 Å². The average Bonchev–Trinajstić information content (AvgIpc) is 2.88. The number of aliphatic hydroxyl groups is 1. The van der Waals surface area contributed by atoms with Crippen molar-refractivity contribution < 1.29 is 9.90 Å².